The molecule has 1 saturated carbocycles. The Hall–Kier alpha value is -2.09. The standard InChI is InChI=1S/C18H14IN3O2/c1-24-10-3-5-14-12(7-10)18(17(23)20-14)8-13(18)9-2-4-11-15(6-9)21-22-16(11)19/h2-7,13H,8H2,1H3,(H,20,23)(H,21,22)/t13-,18-/m0/s1. The van der Waals surface area contributed by atoms with Gasteiger partial charge in [0.25, 0.3) is 0 Å². The highest BCUT2D eigenvalue weighted by Crippen LogP contribution is 2.65. The van der Waals surface area contributed by atoms with Gasteiger partial charge in [0, 0.05) is 17.0 Å². The molecule has 0 saturated heterocycles. The van der Waals surface area contributed by atoms with E-state index in [1.165, 1.54) is 0 Å². The lowest BCUT2D eigenvalue weighted by atomic mass is 9.91. The fraction of sp³-hybridized carbons (Fsp3) is 0.222. The lowest BCUT2D eigenvalue weighted by Crippen LogP contribution is -2.21. The van der Waals surface area contributed by atoms with E-state index in [-0.39, 0.29) is 11.8 Å². The van der Waals surface area contributed by atoms with Crippen LogP contribution in [0.1, 0.15) is 23.5 Å². The Morgan fingerprint density at radius 1 is 1.29 bits per heavy atom. The summed E-state index contributed by atoms with van der Waals surface area (Å²) in [6.07, 6.45) is 0.825. The number of aromatic amines is 1. The zero-order valence-electron chi connectivity index (χ0n) is 12.9. The quantitative estimate of drug-likeness (QED) is 0.610. The molecule has 5 rings (SSSR count). The van der Waals surface area contributed by atoms with E-state index >= 15 is 0 Å². The number of ether oxygens (including phenoxy) is 1. The summed E-state index contributed by atoms with van der Waals surface area (Å²) in [4.78, 5) is 12.7. The van der Waals surface area contributed by atoms with E-state index in [4.69, 9.17) is 4.74 Å². The minimum atomic E-state index is -0.457. The van der Waals surface area contributed by atoms with Gasteiger partial charge in [0.2, 0.25) is 5.91 Å². The summed E-state index contributed by atoms with van der Waals surface area (Å²) in [5.74, 6) is 1.06. The number of hydrogen-bond acceptors (Lipinski definition) is 3. The minimum Gasteiger partial charge on any atom is -0.497 e. The van der Waals surface area contributed by atoms with Gasteiger partial charge < -0.3 is 10.1 Å². The van der Waals surface area contributed by atoms with Crippen molar-refractivity contribution in [2.75, 3.05) is 12.4 Å². The maximum atomic E-state index is 12.7. The number of benzene rings is 2. The molecule has 2 heterocycles. The van der Waals surface area contributed by atoms with Crippen molar-refractivity contribution in [3.8, 4) is 5.75 Å². The number of nitrogens with one attached hydrogen (secondary N) is 2. The molecule has 3 aromatic rings. The van der Waals surface area contributed by atoms with E-state index in [1.54, 1.807) is 7.11 Å². The number of nitrogens with zero attached hydrogens (tertiary/aromatic N) is 1. The van der Waals surface area contributed by atoms with Crippen molar-refractivity contribution in [1.82, 2.24) is 10.2 Å². The first-order chi connectivity index (χ1) is 11.6. The Morgan fingerprint density at radius 2 is 2.17 bits per heavy atom. The molecule has 1 fully saturated rings. The molecule has 2 aromatic carbocycles. The largest absolute Gasteiger partial charge is 0.497 e. The highest BCUT2D eigenvalue weighted by Gasteiger charge is 2.65. The minimum absolute atomic E-state index is 0.0902. The van der Waals surface area contributed by atoms with Crippen LogP contribution in [-0.2, 0) is 10.2 Å². The number of carbonyl (C=O) groups excluding carboxylic acids is 1. The van der Waals surface area contributed by atoms with Crippen molar-refractivity contribution in [2.45, 2.75) is 17.8 Å². The summed E-state index contributed by atoms with van der Waals surface area (Å²) in [5, 5.41) is 11.5. The molecule has 1 spiro atoms. The molecule has 120 valence electrons. The van der Waals surface area contributed by atoms with E-state index in [2.05, 4.69) is 56.3 Å². The third kappa shape index (κ3) is 1.74. The summed E-state index contributed by atoms with van der Waals surface area (Å²) in [6.45, 7) is 0. The van der Waals surface area contributed by atoms with Crippen LogP contribution in [0.2, 0.25) is 0 Å². The van der Waals surface area contributed by atoms with Crippen LogP contribution >= 0.6 is 22.6 Å². The third-order valence-electron chi connectivity index (χ3n) is 5.26. The average Bonchev–Trinajstić information content (AvgIpc) is 3.17. The van der Waals surface area contributed by atoms with Crippen LogP contribution in [0.25, 0.3) is 10.9 Å². The number of rotatable bonds is 2. The Kier molecular flexibility index (Phi) is 2.81. The van der Waals surface area contributed by atoms with Crippen LogP contribution < -0.4 is 10.1 Å². The van der Waals surface area contributed by atoms with Crippen LogP contribution in [0.4, 0.5) is 5.69 Å². The van der Waals surface area contributed by atoms with Crippen LogP contribution in [-0.4, -0.2) is 23.2 Å². The van der Waals surface area contributed by atoms with Gasteiger partial charge in [-0.3, -0.25) is 9.89 Å². The summed E-state index contributed by atoms with van der Waals surface area (Å²) in [5.41, 5.74) is 3.60. The van der Waals surface area contributed by atoms with Crippen molar-refractivity contribution >= 4 is 45.1 Å². The zero-order chi connectivity index (χ0) is 16.5. The van der Waals surface area contributed by atoms with Crippen molar-refractivity contribution in [3.63, 3.8) is 0 Å². The van der Waals surface area contributed by atoms with E-state index < -0.39 is 5.41 Å². The maximum absolute atomic E-state index is 12.7. The van der Waals surface area contributed by atoms with Gasteiger partial charge in [-0.2, -0.15) is 5.10 Å². The number of fused-ring (bicyclic) bond motifs is 3. The van der Waals surface area contributed by atoms with Crippen LogP contribution in [0, 0.1) is 3.70 Å². The van der Waals surface area contributed by atoms with E-state index in [0.717, 1.165) is 43.6 Å². The highest BCUT2D eigenvalue weighted by atomic mass is 127. The molecule has 0 unspecified atom stereocenters. The maximum Gasteiger partial charge on any atom is 0.235 e. The SMILES string of the molecule is COc1ccc2c(c1)[C@]1(C[C@H]1c1ccc3c(I)[nH]nc3c1)C(=O)N2. The lowest BCUT2D eigenvalue weighted by Gasteiger charge is -2.10. The molecule has 1 aliphatic carbocycles. The molecule has 1 amide bonds. The first-order valence-corrected chi connectivity index (χ1v) is 8.85. The van der Waals surface area contributed by atoms with Gasteiger partial charge in [-0.15, -0.1) is 0 Å². The van der Waals surface area contributed by atoms with Gasteiger partial charge in [-0.25, -0.2) is 0 Å². The number of anilines is 1. The molecule has 1 aliphatic heterocycles. The van der Waals surface area contributed by atoms with Crippen molar-refractivity contribution in [1.29, 1.82) is 0 Å². The topological polar surface area (TPSA) is 67.0 Å². The average molecular weight is 431 g/mol. The van der Waals surface area contributed by atoms with Crippen molar-refractivity contribution in [2.24, 2.45) is 0 Å². The van der Waals surface area contributed by atoms with E-state index in [0.29, 0.717) is 0 Å². The summed E-state index contributed by atoms with van der Waals surface area (Å²) >= 11 is 2.24. The second kappa shape index (κ2) is 4.72. The van der Waals surface area contributed by atoms with Gasteiger partial charge in [0.05, 0.1) is 18.0 Å². The highest BCUT2D eigenvalue weighted by molar-refractivity contribution is 14.1. The molecule has 2 N–H and O–H groups in total. The predicted octanol–water partition coefficient (Wildman–Crippen LogP) is 3.55. The first-order valence-electron chi connectivity index (χ1n) is 7.77. The molecule has 5 nitrogen and oxygen atoms in total. The fourth-order valence-electron chi connectivity index (χ4n) is 3.91. The molecule has 2 atom stereocenters. The monoisotopic (exact) mass is 431 g/mol. The predicted molar refractivity (Wildman–Crippen MR) is 99.5 cm³/mol. The second-order valence-corrected chi connectivity index (χ2v) is 7.49. The number of aromatic nitrogens is 2. The van der Waals surface area contributed by atoms with E-state index in [9.17, 15) is 4.79 Å². The van der Waals surface area contributed by atoms with Crippen molar-refractivity contribution < 1.29 is 9.53 Å². The van der Waals surface area contributed by atoms with E-state index in [1.807, 2.05) is 18.2 Å². The second-order valence-electron chi connectivity index (χ2n) is 6.41. The van der Waals surface area contributed by atoms with Gasteiger partial charge in [-0.1, -0.05) is 6.07 Å². The molecule has 2 aliphatic rings. The number of carbonyl (C=O) groups is 1. The molecule has 0 radical (unpaired) electrons. The van der Waals surface area contributed by atoms with Crippen LogP contribution in [0.15, 0.2) is 36.4 Å². The Morgan fingerprint density at radius 3 is 3.00 bits per heavy atom. The Bertz CT molecular complexity index is 1010. The van der Waals surface area contributed by atoms with Crippen LogP contribution in [0.5, 0.6) is 5.75 Å². The molecule has 1 aromatic heterocycles. The number of amides is 1. The normalized spacial score (nSPS) is 24.2. The molecular weight excluding hydrogens is 417 g/mol. The number of H-pyrrole nitrogens is 1. The summed E-state index contributed by atoms with van der Waals surface area (Å²) in [6, 6.07) is 12.1. The molecule has 0 bridgehead atoms. The zero-order valence-corrected chi connectivity index (χ0v) is 15.0. The number of hydrogen-bond donors (Lipinski definition) is 2. The molecular formula is C18H14IN3O2. The Balaban J connectivity index is 1.60. The lowest BCUT2D eigenvalue weighted by molar-refractivity contribution is -0.118. The van der Waals surface area contributed by atoms with Crippen LogP contribution in [0.3, 0.4) is 0 Å². The fourth-order valence-corrected chi connectivity index (χ4v) is 4.49. The molecule has 24 heavy (non-hydrogen) atoms. The number of halogens is 1. The smallest absolute Gasteiger partial charge is 0.235 e. The summed E-state index contributed by atoms with van der Waals surface area (Å²) < 4.78 is 6.38. The van der Waals surface area contributed by atoms with Gasteiger partial charge in [-0.05, 0) is 70.5 Å². The first kappa shape index (κ1) is 14.3. The van der Waals surface area contributed by atoms with Gasteiger partial charge in [0.15, 0.2) is 0 Å². The van der Waals surface area contributed by atoms with Gasteiger partial charge >= 0.3 is 0 Å². The van der Waals surface area contributed by atoms with Gasteiger partial charge in [0.1, 0.15) is 9.45 Å². The van der Waals surface area contributed by atoms with Crippen molar-refractivity contribution in [3.05, 3.63) is 51.2 Å². The molecule has 6 heteroatoms. The summed E-state index contributed by atoms with van der Waals surface area (Å²) in [7, 11) is 1.65. The Labute approximate surface area is 151 Å². The number of methoxy groups -OCH3 is 1. The third-order valence-corrected chi connectivity index (χ3v) is 6.08.